The minimum Gasteiger partial charge on any atom is -0.462 e. The molecule has 0 N–H and O–H groups in total. The third kappa shape index (κ3) is 62.1. The van der Waals surface area contributed by atoms with E-state index < -0.39 is 6.10 Å². The second-order valence-electron chi connectivity index (χ2n) is 22.4. The normalized spacial score (nSPS) is 12.3. The summed E-state index contributed by atoms with van der Waals surface area (Å²) in [6.45, 7) is 6.60. The number of unbranched alkanes of at least 4 members (excludes halogenated alkanes) is 42. The molecule has 6 nitrogen and oxygen atoms in total. The summed E-state index contributed by atoms with van der Waals surface area (Å²) in [5.74, 6) is -0.876. The molecule has 6 heteroatoms. The molecule has 0 radical (unpaired) electrons. The highest BCUT2D eigenvalue weighted by Crippen LogP contribution is 2.17. The summed E-state index contributed by atoms with van der Waals surface area (Å²) in [5, 5.41) is 0. The number of ether oxygens (including phenoxy) is 3. The predicted octanol–water partition coefficient (Wildman–Crippen LogP) is 22.6. The van der Waals surface area contributed by atoms with Gasteiger partial charge in [-0.3, -0.25) is 14.4 Å². The van der Waals surface area contributed by atoms with Gasteiger partial charge in [-0.2, -0.15) is 0 Å². The van der Waals surface area contributed by atoms with E-state index in [1.165, 1.54) is 238 Å². The monoisotopic (exact) mass is 1050 g/mol. The second-order valence-corrected chi connectivity index (χ2v) is 22.4. The minimum atomic E-state index is -0.776. The van der Waals surface area contributed by atoms with Gasteiger partial charge >= 0.3 is 17.9 Å². The summed E-state index contributed by atoms with van der Waals surface area (Å²) < 4.78 is 16.8. The first-order valence-electron chi connectivity index (χ1n) is 33.1. The number of esters is 3. The van der Waals surface area contributed by atoms with Crippen molar-refractivity contribution in [3.63, 3.8) is 0 Å². The molecule has 0 aliphatic carbocycles. The molecule has 0 saturated heterocycles. The largest absolute Gasteiger partial charge is 0.462 e. The molecule has 0 spiro atoms. The van der Waals surface area contributed by atoms with Crippen LogP contribution in [0.3, 0.4) is 0 Å². The molecule has 75 heavy (non-hydrogen) atoms. The molecule has 1 unspecified atom stereocenters. The first kappa shape index (κ1) is 72.4. The Morgan fingerprint density at radius 1 is 0.267 bits per heavy atom. The van der Waals surface area contributed by atoms with Crippen LogP contribution in [0.5, 0.6) is 0 Å². The molecular weight excluding hydrogens is 925 g/mol. The third-order valence-corrected chi connectivity index (χ3v) is 14.8. The number of carbonyl (C=O) groups excluding carboxylic acids is 3. The molecule has 0 aromatic heterocycles. The molecule has 0 rings (SSSR count). The topological polar surface area (TPSA) is 78.9 Å². The molecule has 0 aliphatic rings. The van der Waals surface area contributed by atoms with E-state index in [4.69, 9.17) is 14.2 Å². The van der Waals surface area contributed by atoms with Crippen LogP contribution in [0.15, 0.2) is 48.6 Å². The Labute approximate surface area is 467 Å². The van der Waals surface area contributed by atoms with Crippen molar-refractivity contribution in [2.75, 3.05) is 13.2 Å². The molecule has 0 aliphatic heterocycles. The Hall–Kier alpha value is -2.63. The van der Waals surface area contributed by atoms with E-state index in [9.17, 15) is 14.4 Å². The fraction of sp³-hybridized carbons (Fsp3) is 0.841. The van der Waals surface area contributed by atoms with Crippen molar-refractivity contribution >= 4 is 17.9 Å². The lowest BCUT2D eigenvalue weighted by Crippen LogP contribution is -2.30. The maximum absolute atomic E-state index is 12.8. The van der Waals surface area contributed by atoms with Gasteiger partial charge in [0.2, 0.25) is 0 Å². The van der Waals surface area contributed by atoms with Gasteiger partial charge in [-0.05, 0) is 83.5 Å². The zero-order valence-electron chi connectivity index (χ0n) is 50.3. The van der Waals surface area contributed by atoms with Crippen molar-refractivity contribution in [3.8, 4) is 0 Å². The molecule has 0 aromatic carbocycles. The fourth-order valence-electron chi connectivity index (χ4n) is 9.80. The summed E-state index contributed by atoms with van der Waals surface area (Å²) >= 11 is 0. The van der Waals surface area contributed by atoms with E-state index >= 15 is 0 Å². The molecule has 0 heterocycles. The molecule has 438 valence electrons. The van der Waals surface area contributed by atoms with E-state index in [0.29, 0.717) is 19.3 Å². The Morgan fingerprint density at radius 2 is 0.480 bits per heavy atom. The Kier molecular flexibility index (Phi) is 61.7. The SMILES string of the molecule is CCCCC/C=C\C/C=C\C/C=C\CCCCCCCCC(=O)OC(COC(=O)CCCCCCCCC)COC(=O)CCCCCCCCCCCCCCCCCCCCC/C=C\CCCCCCCCCC. The molecule has 0 bridgehead atoms. The van der Waals surface area contributed by atoms with Gasteiger partial charge < -0.3 is 14.2 Å². The summed E-state index contributed by atoms with van der Waals surface area (Å²) in [6.07, 6.45) is 80.2. The lowest BCUT2D eigenvalue weighted by molar-refractivity contribution is -0.167. The number of rotatable bonds is 61. The van der Waals surface area contributed by atoms with Gasteiger partial charge in [0.15, 0.2) is 6.10 Å². The Bertz CT molecular complexity index is 1300. The van der Waals surface area contributed by atoms with Gasteiger partial charge in [0.05, 0.1) is 0 Å². The van der Waals surface area contributed by atoms with E-state index in [1.54, 1.807) is 0 Å². The van der Waals surface area contributed by atoms with Gasteiger partial charge in [0.1, 0.15) is 13.2 Å². The van der Waals surface area contributed by atoms with Gasteiger partial charge in [-0.1, -0.05) is 301 Å². The summed E-state index contributed by atoms with van der Waals surface area (Å²) in [5.41, 5.74) is 0. The third-order valence-electron chi connectivity index (χ3n) is 14.8. The van der Waals surface area contributed by atoms with Crippen LogP contribution in [0.25, 0.3) is 0 Å². The molecule has 1 atom stereocenters. The highest BCUT2D eigenvalue weighted by atomic mass is 16.6. The van der Waals surface area contributed by atoms with Crippen LogP contribution < -0.4 is 0 Å². The van der Waals surface area contributed by atoms with Crippen molar-refractivity contribution in [2.24, 2.45) is 0 Å². The molecule has 0 fully saturated rings. The van der Waals surface area contributed by atoms with Gasteiger partial charge in [0.25, 0.3) is 0 Å². The quantitative estimate of drug-likeness (QED) is 0.0261. The summed E-state index contributed by atoms with van der Waals surface area (Å²) in [7, 11) is 0. The van der Waals surface area contributed by atoms with Crippen LogP contribution in [0.2, 0.25) is 0 Å². The van der Waals surface area contributed by atoms with Gasteiger partial charge in [-0.25, -0.2) is 0 Å². The maximum Gasteiger partial charge on any atom is 0.306 e. The van der Waals surface area contributed by atoms with Crippen molar-refractivity contribution < 1.29 is 28.6 Å². The summed E-state index contributed by atoms with van der Waals surface area (Å²) in [6, 6.07) is 0. The average molecular weight is 1050 g/mol. The lowest BCUT2D eigenvalue weighted by Gasteiger charge is -2.18. The molecule has 0 aromatic rings. The van der Waals surface area contributed by atoms with Crippen LogP contribution in [0.1, 0.15) is 355 Å². The lowest BCUT2D eigenvalue weighted by atomic mass is 10.0. The standard InChI is InChI=1S/C69H126O6/c1-4-7-10-13-16-18-20-22-24-26-28-29-30-31-32-33-34-35-36-37-38-39-41-42-44-46-48-50-53-56-59-62-68(71)74-65-66(64-73-67(70)61-58-55-52-15-12-9-6-3)75-69(72)63-60-57-54-51-49-47-45-43-40-27-25-23-21-19-17-14-11-8-5-2/h17,19,23,25-26,28,40,43,66H,4-16,18,20-22,24,27,29-39,41-42,44-65H2,1-3H3/b19-17-,25-23-,28-26-,43-40-. The fourth-order valence-corrected chi connectivity index (χ4v) is 9.80. The van der Waals surface area contributed by atoms with Gasteiger partial charge in [0, 0.05) is 19.3 Å². The van der Waals surface area contributed by atoms with Crippen LogP contribution in [-0.2, 0) is 28.6 Å². The predicted molar refractivity (Wildman–Crippen MR) is 325 cm³/mol. The Balaban J connectivity index is 4.03. The molecule has 0 saturated carbocycles. The number of carbonyl (C=O) groups is 3. The van der Waals surface area contributed by atoms with E-state index in [2.05, 4.69) is 69.4 Å². The summed E-state index contributed by atoms with van der Waals surface area (Å²) in [4.78, 5) is 38.1. The van der Waals surface area contributed by atoms with E-state index in [0.717, 1.165) is 77.0 Å². The number of hydrogen-bond donors (Lipinski definition) is 0. The number of allylic oxidation sites excluding steroid dienone is 8. The van der Waals surface area contributed by atoms with Crippen LogP contribution in [-0.4, -0.2) is 37.2 Å². The zero-order valence-corrected chi connectivity index (χ0v) is 50.3. The van der Waals surface area contributed by atoms with Crippen LogP contribution in [0.4, 0.5) is 0 Å². The average Bonchev–Trinajstić information content (AvgIpc) is 3.41. The smallest absolute Gasteiger partial charge is 0.306 e. The van der Waals surface area contributed by atoms with Crippen LogP contribution in [0, 0.1) is 0 Å². The first-order chi connectivity index (χ1) is 37.0. The minimum absolute atomic E-state index is 0.0748. The van der Waals surface area contributed by atoms with E-state index in [1.807, 2.05) is 0 Å². The van der Waals surface area contributed by atoms with Crippen molar-refractivity contribution in [3.05, 3.63) is 48.6 Å². The maximum atomic E-state index is 12.8. The Morgan fingerprint density at radius 3 is 0.787 bits per heavy atom. The second kappa shape index (κ2) is 63.9. The van der Waals surface area contributed by atoms with E-state index in [-0.39, 0.29) is 31.1 Å². The molecular formula is C69H126O6. The van der Waals surface area contributed by atoms with Gasteiger partial charge in [-0.15, -0.1) is 0 Å². The van der Waals surface area contributed by atoms with Crippen molar-refractivity contribution in [1.29, 1.82) is 0 Å². The first-order valence-corrected chi connectivity index (χ1v) is 33.1. The highest BCUT2D eigenvalue weighted by molar-refractivity contribution is 5.71. The molecule has 0 amide bonds. The van der Waals surface area contributed by atoms with Crippen LogP contribution >= 0.6 is 0 Å². The van der Waals surface area contributed by atoms with Crippen molar-refractivity contribution in [1.82, 2.24) is 0 Å². The highest BCUT2D eigenvalue weighted by Gasteiger charge is 2.19. The number of hydrogen-bond acceptors (Lipinski definition) is 6. The van der Waals surface area contributed by atoms with Crippen molar-refractivity contribution in [2.45, 2.75) is 361 Å². The zero-order chi connectivity index (χ0) is 54.3.